The molecule has 6 nitrogen and oxygen atoms in total. The number of rotatable bonds is 7. The van der Waals surface area contributed by atoms with Crippen molar-refractivity contribution < 1.29 is 19.0 Å². The summed E-state index contributed by atoms with van der Waals surface area (Å²) in [6.45, 7) is 4.77. The summed E-state index contributed by atoms with van der Waals surface area (Å²) in [7, 11) is 4.54. The van der Waals surface area contributed by atoms with Crippen LogP contribution in [0, 0.1) is 0 Å². The van der Waals surface area contributed by atoms with Crippen molar-refractivity contribution in [3.05, 3.63) is 17.7 Å². The molecule has 1 aromatic carbocycles. The standard InChI is InChI=1S/C15H24N2O4/c1-10(2)17(9-8-16)15(18)11-6-7-12(19-3)14(21-5)13(11)20-4/h6-7,10H,8-9,16H2,1-5H3. The van der Waals surface area contributed by atoms with Crippen LogP contribution in [0.25, 0.3) is 0 Å². The predicted octanol–water partition coefficient (Wildman–Crippen LogP) is 1.52. The molecule has 1 amide bonds. The van der Waals surface area contributed by atoms with Gasteiger partial charge in [-0.3, -0.25) is 4.79 Å². The van der Waals surface area contributed by atoms with Crippen LogP contribution in [0.1, 0.15) is 24.2 Å². The van der Waals surface area contributed by atoms with E-state index >= 15 is 0 Å². The predicted molar refractivity (Wildman–Crippen MR) is 81.3 cm³/mol. The third-order valence-corrected chi connectivity index (χ3v) is 3.19. The van der Waals surface area contributed by atoms with E-state index in [2.05, 4.69) is 0 Å². The summed E-state index contributed by atoms with van der Waals surface area (Å²) in [5.74, 6) is 1.14. The van der Waals surface area contributed by atoms with Crippen molar-refractivity contribution in [2.24, 2.45) is 5.73 Å². The van der Waals surface area contributed by atoms with Gasteiger partial charge in [0, 0.05) is 19.1 Å². The quantitative estimate of drug-likeness (QED) is 0.826. The van der Waals surface area contributed by atoms with Crippen molar-refractivity contribution in [2.75, 3.05) is 34.4 Å². The van der Waals surface area contributed by atoms with Gasteiger partial charge in [0.2, 0.25) is 5.75 Å². The van der Waals surface area contributed by atoms with Crippen molar-refractivity contribution >= 4 is 5.91 Å². The van der Waals surface area contributed by atoms with Gasteiger partial charge in [-0.15, -0.1) is 0 Å². The van der Waals surface area contributed by atoms with E-state index in [1.807, 2.05) is 13.8 Å². The van der Waals surface area contributed by atoms with E-state index in [4.69, 9.17) is 19.9 Å². The van der Waals surface area contributed by atoms with Gasteiger partial charge in [-0.1, -0.05) is 0 Å². The van der Waals surface area contributed by atoms with Gasteiger partial charge >= 0.3 is 0 Å². The summed E-state index contributed by atoms with van der Waals surface area (Å²) < 4.78 is 15.9. The molecule has 1 aromatic rings. The molecule has 0 aliphatic heterocycles. The van der Waals surface area contributed by atoms with E-state index in [1.54, 1.807) is 17.0 Å². The number of benzene rings is 1. The number of hydrogen-bond donors (Lipinski definition) is 1. The molecule has 0 unspecified atom stereocenters. The lowest BCUT2D eigenvalue weighted by molar-refractivity contribution is 0.0707. The lowest BCUT2D eigenvalue weighted by Gasteiger charge is -2.27. The van der Waals surface area contributed by atoms with Crippen molar-refractivity contribution in [1.82, 2.24) is 4.90 Å². The molecule has 0 fully saturated rings. The molecule has 0 aliphatic rings. The van der Waals surface area contributed by atoms with Crippen LogP contribution in [-0.2, 0) is 0 Å². The van der Waals surface area contributed by atoms with E-state index < -0.39 is 0 Å². The van der Waals surface area contributed by atoms with E-state index in [0.717, 1.165) is 0 Å². The Labute approximate surface area is 125 Å². The summed E-state index contributed by atoms with van der Waals surface area (Å²) in [5, 5.41) is 0. The number of amides is 1. The molecule has 118 valence electrons. The molecule has 1 rings (SSSR count). The zero-order chi connectivity index (χ0) is 16.0. The average molecular weight is 296 g/mol. The molecule has 21 heavy (non-hydrogen) atoms. The molecule has 2 N–H and O–H groups in total. The highest BCUT2D eigenvalue weighted by Gasteiger charge is 2.25. The minimum absolute atomic E-state index is 0.0406. The van der Waals surface area contributed by atoms with Gasteiger partial charge in [-0.05, 0) is 26.0 Å². The fourth-order valence-corrected chi connectivity index (χ4v) is 2.16. The lowest BCUT2D eigenvalue weighted by Crippen LogP contribution is -2.40. The third kappa shape index (κ3) is 3.58. The van der Waals surface area contributed by atoms with Crippen molar-refractivity contribution in [3.8, 4) is 17.2 Å². The zero-order valence-corrected chi connectivity index (χ0v) is 13.3. The maximum atomic E-state index is 12.7. The van der Waals surface area contributed by atoms with E-state index in [1.165, 1.54) is 21.3 Å². The van der Waals surface area contributed by atoms with E-state index in [0.29, 0.717) is 35.9 Å². The first-order chi connectivity index (χ1) is 10.0. The Morgan fingerprint density at radius 2 is 1.76 bits per heavy atom. The number of hydrogen-bond acceptors (Lipinski definition) is 5. The van der Waals surface area contributed by atoms with Gasteiger partial charge in [0.1, 0.15) is 0 Å². The van der Waals surface area contributed by atoms with Gasteiger partial charge < -0.3 is 24.8 Å². The van der Waals surface area contributed by atoms with Crippen LogP contribution in [0.5, 0.6) is 17.2 Å². The first kappa shape index (κ1) is 17.1. The largest absolute Gasteiger partial charge is 0.493 e. The minimum atomic E-state index is -0.145. The van der Waals surface area contributed by atoms with Gasteiger partial charge in [0.15, 0.2) is 11.5 Å². The average Bonchev–Trinajstić information content (AvgIpc) is 2.49. The van der Waals surface area contributed by atoms with Crippen LogP contribution in [0.2, 0.25) is 0 Å². The summed E-state index contributed by atoms with van der Waals surface area (Å²) in [6.07, 6.45) is 0. The normalized spacial score (nSPS) is 10.4. The van der Waals surface area contributed by atoms with Crippen LogP contribution in [0.3, 0.4) is 0 Å². The lowest BCUT2D eigenvalue weighted by atomic mass is 10.1. The third-order valence-electron chi connectivity index (χ3n) is 3.19. The summed E-state index contributed by atoms with van der Waals surface area (Å²) in [5.41, 5.74) is 6.01. The molecule has 0 bridgehead atoms. The van der Waals surface area contributed by atoms with Gasteiger partial charge in [0.25, 0.3) is 5.91 Å². The molecule has 0 saturated heterocycles. The zero-order valence-electron chi connectivity index (χ0n) is 13.3. The Morgan fingerprint density at radius 3 is 2.19 bits per heavy atom. The number of nitrogens with zero attached hydrogens (tertiary/aromatic N) is 1. The number of ether oxygens (including phenoxy) is 3. The second kappa shape index (κ2) is 7.73. The second-order valence-corrected chi connectivity index (χ2v) is 4.76. The van der Waals surface area contributed by atoms with E-state index in [9.17, 15) is 4.79 Å². The Kier molecular flexibility index (Phi) is 6.30. The van der Waals surface area contributed by atoms with Crippen molar-refractivity contribution in [3.63, 3.8) is 0 Å². The Hall–Kier alpha value is -1.95. The van der Waals surface area contributed by atoms with Gasteiger partial charge in [0.05, 0.1) is 26.9 Å². The van der Waals surface area contributed by atoms with Crippen molar-refractivity contribution in [2.45, 2.75) is 19.9 Å². The fraction of sp³-hybridized carbons (Fsp3) is 0.533. The van der Waals surface area contributed by atoms with Crippen LogP contribution in [0.4, 0.5) is 0 Å². The fourth-order valence-electron chi connectivity index (χ4n) is 2.16. The number of nitrogens with two attached hydrogens (primary N) is 1. The minimum Gasteiger partial charge on any atom is -0.493 e. The molecule has 0 aliphatic carbocycles. The molecular weight excluding hydrogens is 272 g/mol. The first-order valence-corrected chi connectivity index (χ1v) is 6.81. The molecule has 0 saturated carbocycles. The Balaban J connectivity index is 3.31. The van der Waals surface area contributed by atoms with E-state index in [-0.39, 0.29) is 11.9 Å². The molecule has 0 spiro atoms. The highest BCUT2D eigenvalue weighted by atomic mass is 16.5. The molecule has 0 radical (unpaired) electrons. The van der Waals surface area contributed by atoms with Gasteiger partial charge in [-0.25, -0.2) is 0 Å². The maximum Gasteiger partial charge on any atom is 0.258 e. The summed E-state index contributed by atoms with van der Waals surface area (Å²) >= 11 is 0. The van der Waals surface area contributed by atoms with Crippen LogP contribution < -0.4 is 19.9 Å². The van der Waals surface area contributed by atoms with Crippen LogP contribution >= 0.6 is 0 Å². The molecule has 0 atom stereocenters. The monoisotopic (exact) mass is 296 g/mol. The molecule has 0 aromatic heterocycles. The van der Waals surface area contributed by atoms with Gasteiger partial charge in [-0.2, -0.15) is 0 Å². The highest BCUT2D eigenvalue weighted by Crippen LogP contribution is 2.40. The summed E-state index contributed by atoms with van der Waals surface area (Å²) in [4.78, 5) is 14.4. The van der Waals surface area contributed by atoms with Crippen LogP contribution in [0.15, 0.2) is 12.1 Å². The topological polar surface area (TPSA) is 74.0 Å². The van der Waals surface area contributed by atoms with Crippen molar-refractivity contribution in [1.29, 1.82) is 0 Å². The summed E-state index contributed by atoms with van der Waals surface area (Å²) in [6, 6.07) is 3.41. The Bertz CT molecular complexity index is 489. The second-order valence-electron chi connectivity index (χ2n) is 4.76. The molecule has 6 heteroatoms. The molecular formula is C15H24N2O4. The highest BCUT2D eigenvalue weighted by molar-refractivity contribution is 5.98. The number of carbonyl (C=O) groups is 1. The SMILES string of the molecule is COc1ccc(C(=O)N(CCN)C(C)C)c(OC)c1OC. The molecule has 0 heterocycles. The Morgan fingerprint density at radius 1 is 1.14 bits per heavy atom. The number of methoxy groups -OCH3 is 3. The number of carbonyl (C=O) groups excluding carboxylic acids is 1. The first-order valence-electron chi connectivity index (χ1n) is 6.81. The smallest absolute Gasteiger partial charge is 0.258 e. The maximum absolute atomic E-state index is 12.7. The van der Waals surface area contributed by atoms with Crippen LogP contribution in [-0.4, -0.2) is 51.3 Å².